The molecule has 4 rings (SSSR count). The molecular weight excluding hydrogens is 523 g/mol. The van der Waals surface area contributed by atoms with Crippen LogP contribution in [0.3, 0.4) is 0 Å². The number of nitrogens with zero attached hydrogens (tertiary/aromatic N) is 2. The smallest absolute Gasteiger partial charge is 0.191 e. The highest BCUT2D eigenvalue weighted by molar-refractivity contribution is 14.0. The van der Waals surface area contributed by atoms with Crippen molar-refractivity contribution < 1.29 is 4.74 Å². The van der Waals surface area contributed by atoms with Gasteiger partial charge in [0.1, 0.15) is 0 Å². The van der Waals surface area contributed by atoms with Crippen molar-refractivity contribution in [3.05, 3.63) is 71.3 Å². The average molecular weight is 563 g/mol. The Kier molecular flexibility index (Phi) is 10.5. The van der Waals surface area contributed by atoms with Gasteiger partial charge in [0.05, 0.1) is 0 Å². The van der Waals surface area contributed by atoms with Crippen LogP contribution in [-0.4, -0.2) is 50.8 Å². The maximum absolute atomic E-state index is 5.67. The Morgan fingerprint density at radius 3 is 2.24 bits per heavy atom. The van der Waals surface area contributed by atoms with Gasteiger partial charge in [-0.1, -0.05) is 61.0 Å². The predicted molar refractivity (Wildman–Crippen MR) is 147 cm³/mol. The van der Waals surface area contributed by atoms with Crippen molar-refractivity contribution in [1.29, 1.82) is 0 Å². The molecule has 5 nitrogen and oxygen atoms in total. The molecular formula is C27H39IN4O. The molecule has 0 unspecified atom stereocenters. The quantitative estimate of drug-likeness (QED) is 0.292. The fourth-order valence-electron chi connectivity index (χ4n) is 4.92. The van der Waals surface area contributed by atoms with Crippen molar-refractivity contribution >= 4 is 29.9 Å². The SMILES string of the molecule is CN=C(NCc1ccc(CN2CCCCC2)cc1)NCC1(c2ccccc2)CCOCC1.I. The third-order valence-electron chi connectivity index (χ3n) is 6.99. The second-order valence-electron chi connectivity index (χ2n) is 9.19. The van der Waals surface area contributed by atoms with Crippen LogP contribution in [-0.2, 0) is 23.2 Å². The van der Waals surface area contributed by atoms with Crippen molar-refractivity contribution in [2.45, 2.75) is 50.6 Å². The Labute approximate surface area is 216 Å². The van der Waals surface area contributed by atoms with E-state index in [4.69, 9.17) is 4.74 Å². The number of halogens is 1. The number of guanidine groups is 1. The van der Waals surface area contributed by atoms with Crippen molar-refractivity contribution in [2.75, 3.05) is 39.9 Å². The first-order chi connectivity index (χ1) is 15.8. The number of aliphatic imine (C=N–C) groups is 1. The second kappa shape index (κ2) is 13.3. The molecule has 2 aliphatic heterocycles. The molecule has 2 aromatic carbocycles. The van der Waals surface area contributed by atoms with Gasteiger partial charge in [0.25, 0.3) is 0 Å². The highest BCUT2D eigenvalue weighted by Gasteiger charge is 2.34. The molecule has 0 radical (unpaired) electrons. The zero-order valence-electron chi connectivity index (χ0n) is 19.9. The van der Waals surface area contributed by atoms with E-state index in [1.807, 2.05) is 7.05 Å². The number of nitrogens with one attached hydrogen (secondary N) is 2. The zero-order valence-corrected chi connectivity index (χ0v) is 22.2. The van der Waals surface area contributed by atoms with Gasteiger partial charge in [-0.15, -0.1) is 24.0 Å². The van der Waals surface area contributed by atoms with Gasteiger partial charge in [-0.05, 0) is 55.5 Å². The van der Waals surface area contributed by atoms with Crippen LogP contribution in [0.2, 0.25) is 0 Å². The molecule has 2 saturated heterocycles. The van der Waals surface area contributed by atoms with Gasteiger partial charge >= 0.3 is 0 Å². The summed E-state index contributed by atoms with van der Waals surface area (Å²) in [4.78, 5) is 7.03. The fraction of sp³-hybridized carbons (Fsp3) is 0.519. The van der Waals surface area contributed by atoms with E-state index < -0.39 is 0 Å². The zero-order chi connectivity index (χ0) is 22.1. The highest BCUT2D eigenvalue weighted by atomic mass is 127. The lowest BCUT2D eigenvalue weighted by Gasteiger charge is -2.38. The van der Waals surface area contributed by atoms with Gasteiger partial charge in [-0.3, -0.25) is 9.89 Å². The van der Waals surface area contributed by atoms with Crippen molar-refractivity contribution in [2.24, 2.45) is 4.99 Å². The molecule has 2 heterocycles. The minimum atomic E-state index is 0. The number of ether oxygens (including phenoxy) is 1. The predicted octanol–water partition coefficient (Wildman–Crippen LogP) is 4.70. The molecule has 2 N–H and O–H groups in total. The third-order valence-corrected chi connectivity index (χ3v) is 6.99. The van der Waals surface area contributed by atoms with Gasteiger partial charge in [-0.25, -0.2) is 0 Å². The van der Waals surface area contributed by atoms with E-state index in [9.17, 15) is 0 Å². The van der Waals surface area contributed by atoms with Crippen LogP contribution in [0.5, 0.6) is 0 Å². The summed E-state index contributed by atoms with van der Waals surface area (Å²) in [6, 6.07) is 19.9. The summed E-state index contributed by atoms with van der Waals surface area (Å²) < 4.78 is 5.67. The number of hydrogen-bond acceptors (Lipinski definition) is 3. The van der Waals surface area contributed by atoms with Crippen LogP contribution < -0.4 is 10.6 Å². The summed E-state index contributed by atoms with van der Waals surface area (Å²) in [5.41, 5.74) is 4.16. The first kappa shape index (κ1) is 26.0. The van der Waals surface area contributed by atoms with Gasteiger partial charge in [-0.2, -0.15) is 0 Å². The monoisotopic (exact) mass is 562 g/mol. The Bertz CT molecular complexity index is 844. The Hall–Kier alpha value is -1.64. The van der Waals surface area contributed by atoms with Crippen LogP contribution in [0, 0.1) is 0 Å². The van der Waals surface area contributed by atoms with Crippen LogP contribution in [0.25, 0.3) is 0 Å². The molecule has 0 atom stereocenters. The molecule has 2 aliphatic rings. The van der Waals surface area contributed by atoms with Crippen LogP contribution in [0.1, 0.15) is 48.8 Å². The molecule has 0 spiro atoms. The Morgan fingerprint density at radius 2 is 1.58 bits per heavy atom. The lowest BCUT2D eigenvalue weighted by Crippen LogP contribution is -2.47. The van der Waals surface area contributed by atoms with E-state index in [0.29, 0.717) is 0 Å². The van der Waals surface area contributed by atoms with E-state index in [2.05, 4.69) is 75.1 Å². The fourth-order valence-corrected chi connectivity index (χ4v) is 4.92. The van der Waals surface area contributed by atoms with Crippen LogP contribution >= 0.6 is 24.0 Å². The molecule has 0 aliphatic carbocycles. The number of benzene rings is 2. The Balaban J connectivity index is 0.00000306. The molecule has 0 amide bonds. The van der Waals surface area contributed by atoms with Crippen LogP contribution in [0.15, 0.2) is 59.6 Å². The first-order valence-corrected chi connectivity index (χ1v) is 12.2. The molecule has 0 aromatic heterocycles. The van der Waals surface area contributed by atoms with Crippen molar-refractivity contribution in [3.63, 3.8) is 0 Å². The summed E-state index contributed by atoms with van der Waals surface area (Å²) >= 11 is 0. The van der Waals surface area contributed by atoms with Gasteiger partial charge in [0, 0.05) is 45.3 Å². The molecule has 180 valence electrons. The van der Waals surface area contributed by atoms with E-state index in [1.165, 1.54) is 49.0 Å². The normalized spacial score (nSPS) is 18.9. The van der Waals surface area contributed by atoms with Crippen LogP contribution in [0.4, 0.5) is 0 Å². The summed E-state index contributed by atoms with van der Waals surface area (Å²) in [5, 5.41) is 7.08. The summed E-state index contributed by atoms with van der Waals surface area (Å²) in [7, 11) is 1.84. The van der Waals surface area contributed by atoms with Gasteiger partial charge < -0.3 is 15.4 Å². The molecule has 33 heavy (non-hydrogen) atoms. The van der Waals surface area contributed by atoms with E-state index >= 15 is 0 Å². The lowest BCUT2D eigenvalue weighted by atomic mass is 9.74. The Morgan fingerprint density at radius 1 is 0.909 bits per heavy atom. The third kappa shape index (κ3) is 7.42. The lowest BCUT2D eigenvalue weighted by molar-refractivity contribution is 0.0514. The molecule has 0 saturated carbocycles. The minimum Gasteiger partial charge on any atom is -0.381 e. The number of hydrogen-bond donors (Lipinski definition) is 2. The molecule has 2 aromatic rings. The van der Waals surface area contributed by atoms with Gasteiger partial charge in [0.2, 0.25) is 0 Å². The number of piperidine rings is 1. The maximum Gasteiger partial charge on any atom is 0.191 e. The molecule has 0 bridgehead atoms. The topological polar surface area (TPSA) is 48.9 Å². The maximum atomic E-state index is 5.67. The molecule has 6 heteroatoms. The number of likely N-dealkylation sites (tertiary alicyclic amines) is 1. The highest BCUT2D eigenvalue weighted by Crippen LogP contribution is 2.34. The van der Waals surface area contributed by atoms with Gasteiger partial charge in [0.15, 0.2) is 5.96 Å². The summed E-state index contributed by atoms with van der Waals surface area (Å²) in [6.07, 6.45) is 6.12. The summed E-state index contributed by atoms with van der Waals surface area (Å²) in [6.45, 7) is 6.80. The first-order valence-electron chi connectivity index (χ1n) is 12.2. The van der Waals surface area contributed by atoms with E-state index in [0.717, 1.165) is 51.6 Å². The van der Waals surface area contributed by atoms with Crippen molar-refractivity contribution in [1.82, 2.24) is 15.5 Å². The summed E-state index contributed by atoms with van der Waals surface area (Å²) in [5.74, 6) is 0.851. The van der Waals surface area contributed by atoms with Crippen molar-refractivity contribution in [3.8, 4) is 0 Å². The molecule has 2 fully saturated rings. The second-order valence-corrected chi connectivity index (χ2v) is 9.19. The standard InChI is InChI=1S/C27H38N4O.HI/c1-28-26(30-22-27(14-18-32-19-15-27)25-8-4-2-5-9-25)29-20-23-10-12-24(13-11-23)21-31-16-6-3-7-17-31;/h2,4-5,8-13H,3,6-7,14-22H2,1H3,(H2,28,29,30);1H. The number of rotatable bonds is 7. The average Bonchev–Trinajstić information content (AvgIpc) is 2.87. The van der Waals surface area contributed by atoms with E-state index in [-0.39, 0.29) is 29.4 Å². The minimum absolute atomic E-state index is 0. The largest absolute Gasteiger partial charge is 0.381 e. The van der Waals surface area contributed by atoms with E-state index in [1.54, 1.807) is 0 Å².